The van der Waals surface area contributed by atoms with Gasteiger partial charge in [0, 0.05) is 5.56 Å². The first-order valence-electron chi connectivity index (χ1n) is 8.26. The fourth-order valence-corrected chi connectivity index (χ4v) is 3.01. The molecule has 0 amide bonds. The number of nitrogens with zero attached hydrogens (tertiary/aromatic N) is 1. The summed E-state index contributed by atoms with van der Waals surface area (Å²) < 4.78 is 22.7. The third-order valence-electron chi connectivity index (χ3n) is 3.80. The molecule has 0 spiro atoms. The van der Waals surface area contributed by atoms with Crippen molar-refractivity contribution in [3.8, 4) is 28.5 Å². The number of benzene rings is 2. The first-order chi connectivity index (χ1) is 12.6. The molecule has 3 rings (SSSR count). The van der Waals surface area contributed by atoms with E-state index < -0.39 is 0 Å². The Morgan fingerprint density at radius 1 is 1.04 bits per heavy atom. The van der Waals surface area contributed by atoms with E-state index in [9.17, 15) is 0 Å². The summed E-state index contributed by atoms with van der Waals surface area (Å²) in [6, 6.07) is 13.4. The Morgan fingerprint density at radius 2 is 1.77 bits per heavy atom. The van der Waals surface area contributed by atoms with Crippen molar-refractivity contribution < 1.29 is 18.6 Å². The minimum Gasteiger partial charge on any atom is -0.497 e. The number of rotatable bonds is 7. The Labute approximate surface area is 161 Å². The van der Waals surface area contributed by atoms with Gasteiger partial charge in [0.05, 0.1) is 13.7 Å². The lowest BCUT2D eigenvalue weighted by molar-refractivity contribution is 0.259. The Balaban J connectivity index is 1.70. The Bertz CT molecular complexity index is 874. The zero-order valence-electron chi connectivity index (χ0n) is 14.9. The molecule has 0 aliphatic rings. The molecule has 0 fully saturated rings. The third kappa shape index (κ3) is 4.19. The maximum atomic E-state index is 5.79. The van der Waals surface area contributed by atoms with Crippen molar-refractivity contribution in [2.45, 2.75) is 20.5 Å². The fourth-order valence-electron chi connectivity index (χ4n) is 2.51. The Morgan fingerprint density at radius 3 is 2.42 bits per heavy atom. The van der Waals surface area contributed by atoms with E-state index in [-0.39, 0.29) is 6.61 Å². The minimum atomic E-state index is 0.238. The summed E-state index contributed by atoms with van der Waals surface area (Å²) in [5, 5.41) is 0. The lowest BCUT2D eigenvalue weighted by Gasteiger charge is -2.09. The number of hydrogen-bond acceptors (Lipinski definition) is 5. The van der Waals surface area contributed by atoms with Crippen LogP contribution in [0.25, 0.3) is 11.3 Å². The van der Waals surface area contributed by atoms with E-state index in [0.29, 0.717) is 17.2 Å². The molecule has 26 heavy (non-hydrogen) atoms. The fraction of sp³-hybridized carbons (Fsp3) is 0.250. The van der Waals surface area contributed by atoms with Crippen LogP contribution in [0.5, 0.6) is 17.2 Å². The molecule has 2 aromatic carbocycles. The van der Waals surface area contributed by atoms with E-state index >= 15 is 0 Å². The van der Waals surface area contributed by atoms with Gasteiger partial charge >= 0.3 is 0 Å². The van der Waals surface area contributed by atoms with Crippen LogP contribution in [0, 0.1) is 6.92 Å². The first-order valence-corrected chi connectivity index (χ1v) is 9.06. The normalized spacial score (nSPS) is 10.6. The summed E-state index contributed by atoms with van der Waals surface area (Å²) in [5.74, 6) is 2.89. The maximum absolute atomic E-state index is 5.79. The van der Waals surface area contributed by atoms with Crippen molar-refractivity contribution in [2.75, 3.05) is 13.7 Å². The van der Waals surface area contributed by atoms with Gasteiger partial charge in [-0.3, -0.25) is 0 Å². The summed E-state index contributed by atoms with van der Waals surface area (Å²) in [6.07, 6.45) is 0. The van der Waals surface area contributed by atoms with Crippen molar-refractivity contribution >= 4 is 15.9 Å². The van der Waals surface area contributed by atoms with E-state index in [1.807, 2.05) is 56.3 Å². The van der Waals surface area contributed by atoms with Crippen LogP contribution in [-0.4, -0.2) is 18.7 Å². The van der Waals surface area contributed by atoms with E-state index in [4.69, 9.17) is 18.6 Å². The molecule has 5 nitrogen and oxygen atoms in total. The predicted molar refractivity (Wildman–Crippen MR) is 103 cm³/mol. The molecule has 0 aliphatic heterocycles. The number of aryl methyl sites for hydroxylation is 1. The minimum absolute atomic E-state index is 0.238. The number of aromatic nitrogens is 1. The van der Waals surface area contributed by atoms with Gasteiger partial charge in [-0.15, -0.1) is 0 Å². The number of methoxy groups -OCH3 is 1. The molecular formula is C20H20BrNO4. The summed E-state index contributed by atoms with van der Waals surface area (Å²) in [4.78, 5) is 4.52. The lowest BCUT2D eigenvalue weighted by atomic mass is 10.2. The molecule has 0 N–H and O–H groups in total. The van der Waals surface area contributed by atoms with Crippen molar-refractivity contribution in [1.82, 2.24) is 4.98 Å². The molecule has 1 aromatic heterocycles. The predicted octanol–water partition coefficient (Wildman–Crippen LogP) is 5.40. The Kier molecular flexibility index (Phi) is 5.83. The molecule has 136 valence electrons. The van der Waals surface area contributed by atoms with Gasteiger partial charge in [-0.1, -0.05) is 0 Å². The summed E-state index contributed by atoms with van der Waals surface area (Å²) in [6.45, 7) is 4.83. The Hall–Kier alpha value is -2.47. The van der Waals surface area contributed by atoms with Crippen LogP contribution in [-0.2, 0) is 6.61 Å². The van der Waals surface area contributed by atoms with Crippen LogP contribution in [0.15, 0.2) is 51.6 Å². The van der Waals surface area contributed by atoms with Crippen LogP contribution < -0.4 is 14.2 Å². The highest BCUT2D eigenvalue weighted by Crippen LogP contribution is 2.30. The zero-order chi connectivity index (χ0) is 18.5. The van der Waals surface area contributed by atoms with E-state index in [1.165, 1.54) is 0 Å². The van der Waals surface area contributed by atoms with Crippen molar-refractivity contribution in [3.05, 3.63) is 58.6 Å². The first kappa shape index (κ1) is 18.3. The summed E-state index contributed by atoms with van der Waals surface area (Å²) >= 11 is 3.42. The maximum Gasteiger partial charge on any atom is 0.234 e. The SMILES string of the molecule is CCOc1ccc(OCc2nc(-c3ccc(OC)cc3)c(Br)o2)cc1C. The summed E-state index contributed by atoms with van der Waals surface area (Å²) in [7, 11) is 1.64. The average molecular weight is 418 g/mol. The van der Waals surface area contributed by atoms with Gasteiger partial charge in [-0.25, -0.2) is 4.98 Å². The smallest absolute Gasteiger partial charge is 0.234 e. The van der Waals surface area contributed by atoms with Crippen LogP contribution in [0.1, 0.15) is 18.4 Å². The molecular weight excluding hydrogens is 398 g/mol. The van der Waals surface area contributed by atoms with Crippen molar-refractivity contribution in [2.24, 2.45) is 0 Å². The highest BCUT2D eigenvalue weighted by atomic mass is 79.9. The molecule has 0 aliphatic carbocycles. The van der Waals surface area contributed by atoms with Gasteiger partial charge in [0.25, 0.3) is 0 Å². The molecule has 6 heteroatoms. The van der Waals surface area contributed by atoms with E-state index in [2.05, 4.69) is 20.9 Å². The average Bonchev–Trinajstić information content (AvgIpc) is 3.03. The molecule has 0 bridgehead atoms. The van der Waals surface area contributed by atoms with E-state index in [0.717, 1.165) is 34.1 Å². The van der Waals surface area contributed by atoms with Crippen LogP contribution >= 0.6 is 15.9 Å². The second kappa shape index (κ2) is 8.27. The van der Waals surface area contributed by atoms with Gasteiger partial charge in [0.2, 0.25) is 5.89 Å². The molecule has 0 saturated heterocycles. The molecule has 1 heterocycles. The van der Waals surface area contributed by atoms with Crippen molar-refractivity contribution in [3.63, 3.8) is 0 Å². The third-order valence-corrected chi connectivity index (χ3v) is 4.34. The van der Waals surface area contributed by atoms with Crippen LogP contribution in [0.4, 0.5) is 0 Å². The number of oxazole rings is 1. The van der Waals surface area contributed by atoms with Crippen molar-refractivity contribution in [1.29, 1.82) is 0 Å². The second-order valence-corrected chi connectivity index (χ2v) is 6.33. The van der Waals surface area contributed by atoms with Gasteiger partial charge in [0.15, 0.2) is 11.3 Å². The number of halogens is 1. The number of hydrogen-bond donors (Lipinski definition) is 0. The molecule has 3 aromatic rings. The van der Waals surface area contributed by atoms with Gasteiger partial charge in [-0.2, -0.15) is 0 Å². The largest absolute Gasteiger partial charge is 0.497 e. The lowest BCUT2D eigenvalue weighted by Crippen LogP contribution is -1.98. The zero-order valence-corrected chi connectivity index (χ0v) is 16.5. The monoisotopic (exact) mass is 417 g/mol. The standard InChI is InChI=1S/C20H20BrNO4/c1-4-24-17-10-9-16(11-13(17)2)25-12-18-22-19(20(21)26-18)14-5-7-15(23-3)8-6-14/h5-11H,4,12H2,1-3H3. The van der Waals surface area contributed by atoms with E-state index in [1.54, 1.807) is 7.11 Å². The molecule has 0 unspecified atom stereocenters. The number of ether oxygens (including phenoxy) is 3. The van der Waals surface area contributed by atoms with Crippen LogP contribution in [0.2, 0.25) is 0 Å². The van der Waals surface area contributed by atoms with Gasteiger partial charge in [-0.05, 0) is 77.8 Å². The van der Waals surface area contributed by atoms with Gasteiger partial charge in [0.1, 0.15) is 22.9 Å². The van der Waals surface area contributed by atoms with Crippen LogP contribution in [0.3, 0.4) is 0 Å². The highest BCUT2D eigenvalue weighted by Gasteiger charge is 2.14. The topological polar surface area (TPSA) is 53.7 Å². The second-order valence-electron chi connectivity index (χ2n) is 5.61. The molecule has 0 radical (unpaired) electrons. The molecule has 0 atom stereocenters. The molecule has 0 saturated carbocycles. The van der Waals surface area contributed by atoms with Gasteiger partial charge < -0.3 is 18.6 Å². The quantitative estimate of drug-likeness (QED) is 0.514. The summed E-state index contributed by atoms with van der Waals surface area (Å²) in [5.41, 5.74) is 2.69. The highest BCUT2D eigenvalue weighted by molar-refractivity contribution is 9.10.